The molecule has 1 fully saturated rings. The SMILES string of the molecule is O=S(=O)(F)c1ccccc1Cn1nnc2c(N3CC[C@H](O)C3)nc(C(F)(F)c3ccccc3)nc21. The van der Waals surface area contributed by atoms with Gasteiger partial charge in [-0.1, -0.05) is 53.7 Å². The first kappa shape index (κ1) is 23.2. The average molecular weight is 504 g/mol. The zero-order valence-corrected chi connectivity index (χ0v) is 18.9. The van der Waals surface area contributed by atoms with Crippen LogP contribution in [0.5, 0.6) is 0 Å². The summed E-state index contributed by atoms with van der Waals surface area (Å²) < 4.78 is 69.0. The van der Waals surface area contributed by atoms with Crippen LogP contribution in [0.3, 0.4) is 0 Å². The van der Waals surface area contributed by atoms with Gasteiger partial charge in [-0.05, 0) is 18.1 Å². The lowest BCUT2D eigenvalue weighted by molar-refractivity contribution is 0.0332. The van der Waals surface area contributed by atoms with E-state index in [-0.39, 0.29) is 41.2 Å². The Balaban J connectivity index is 1.67. The van der Waals surface area contributed by atoms with Crippen molar-refractivity contribution in [1.29, 1.82) is 0 Å². The van der Waals surface area contributed by atoms with E-state index in [1.54, 1.807) is 11.0 Å². The van der Waals surface area contributed by atoms with Crippen LogP contribution in [0.1, 0.15) is 23.4 Å². The second-order valence-electron chi connectivity index (χ2n) is 8.16. The van der Waals surface area contributed by atoms with Gasteiger partial charge in [0.05, 0.1) is 12.6 Å². The third-order valence-corrected chi connectivity index (χ3v) is 6.70. The maximum absolute atomic E-state index is 15.5. The second kappa shape index (κ2) is 8.57. The maximum Gasteiger partial charge on any atom is 0.332 e. The zero-order valence-electron chi connectivity index (χ0n) is 18.1. The van der Waals surface area contributed by atoms with Crippen LogP contribution in [0.15, 0.2) is 59.5 Å². The predicted octanol–water partition coefficient (Wildman–Crippen LogP) is 2.64. The number of aliphatic hydroxyl groups excluding tert-OH is 1. The molecule has 1 atom stereocenters. The number of benzene rings is 2. The molecule has 35 heavy (non-hydrogen) atoms. The predicted molar refractivity (Wildman–Crippen MR) is 119 cm³/mol. The highest BCUT2D eigenvalue weighted by Crippen LogP contribution is 2.36. The number of fused-ring (bicyclic) bond motifs is 1. The van der Waals surface area contributed by atoms with Gasteiger partial charge < -0.3 is 10.0 Å². The number of aliphatic hydroxyl groups is 1. The first-order valence-electron chi connectivity index (χ1n) is 10.6. The Morgan fingerprint density at radius 3 is 2.46 bits per heavy atom. The lowest BCUT2D eigenvalue weighted by Crippen LogP contribution is -2.26. The molecule has 182 valence electrons. The van der Waals surface area contributed by atoms with Crippen LogP contribution in [0.25, 0.3) is 11.2 Å². The van der Waals surface area contributed by atoms with Crippen LogP contribution in [0.4, 0.5) is 18.5 Å². The Morgan fingerprint density at radius 2 is 1.77 bits per heavy atom. The molecule has 9 nitrogen and oxygen atoms in total. The van der Waals surface area contributed by atoms with Gasteiger partial charge in [0.25, 0.3) is 0 Å². The molecule has 0 bridgehead atoms. The Kier molecular flexibility index (Phi) is 5.68. The van der Waals surface area contributed by atoms with E-state index in [1.807, 2.05) is 0 Å². The smallest absolute Gasteiger partial charge is 0.332 e. The summed E-state index contributed by atoms with van der Waals surface area (Å²) in [6.45, 7) is 0.239. The minimum atomic E-state index is -5.04. The summed E-state index contributed by atoms with van der Waals surface area (Å²) in [7, 11) is -5.04. The molecule has 1 aliphatic heterocycles. The fraction of sp³-hybridized carbons (Fsp3) is 0.273. The van der Waals surface area contributed by atoms with E-state index in [0.717, 1.165) is 10.7 Å². The van der Waals surface area contributed by atoms with Gasteiger partial charge in [-0.15, -0.1) is 8.98 Å². The van der Waals surface area contributed by atoms with Crippen molar-refractivity contribution in [3.05, 3.63) is 71.5 Å². The summed E-state index contributed by atoms with van der Waals surface area (Å²) >= 11 is 0. The van der Waals surface area contributed by atoms with Crippen LogP contribution in [-0.2, 0) is 22.7 Å². The van der Waals surface area contributed by atoms with E-state index < -0.39 is 33.0 Å². The summed E-state index contributed by atoms with van der Waals surface area (Å²) in [6.07, 6.45) is -0.235. The summed E-state index contributed by atoms with van der Waals surface area (Å²) in [5, 5.41) is 18.0. The maximum atomic E-state index is 15.5. The fourth-order valence-electron chi connectivity index (χ4n) is 4.05. The Hall–Kier alpha value is -3.58. The summed E-state index contributed by atoms with van der Waals surface area (Å²) in [5.41, 5.74) is -0.241. The molecule has 1 saturated heterocycles. The number of alkyl halides is 2. The Bertz CT molecular complexity index is 1500. The van der Waals surface area contributed by atoms with Crippen molar-refractivity contribution in [2.45, 2.75) is 29.9 Å². The first-order chi connectivity index (χ1) is 16.6. The third kappa shape index (κ3) is 4.32. The highest BCUT2D eigenvalue weighted by Gasteiger charge is 2.39. The van der Waals surface area contributed by atoms with Gasteiger partial charge in [0.2, 0.25) is 5.82 Å². The van der Waals surface area contributed by atoms with E-state index in [9.17, 15) is 17.4 Å². The van der Waals surface area contributed by atoms with E-state index in [0.29, 0.717) is 13.0 Å². The van der Waals surface area contributed by atoms with Crippen molar-refractivity contribution in [3.8, 4) is 0 Å². The van der Waals surface area contributed by atoms with Crippen LogP contribution >= 0.6 is 0 Å². The number of hydrogen-bond donors (Lipinski definition) is 1. The van der Waals surface area contributed by atoms with Crippen LogP contribution in [0.2, 0.25) is 0 Å². The quantitative estimate of drug-likeness (QED) is 0.399. The van der Waals surface area contributed by atoms with Crippen molar-refractivity contribution < 1.29 is 26.2 Å². The Labute approximate surface area is 198 Å². The molecule has 5 rings (SSSR count). The van der Waals surface area contributed by atoms with Crippen molar-refractivity contribution in [1.82, 2.24) is 25.0 Å². The lowest BCUT2D eigenvalue weighted by Gasteiger charge is -2.20. The summed E-state index contributed by atoms with van der Waals surface area (Å²) in [4.78, 5) is 9.25. The molecule has 2 aromatic heterocycles. The Morgan fingerprint density at radius 1 is 1.06 bits per heavy atom. The van der Waals surface area contributed by atoms with Gasteiger partial charge >= 0.3 is 16.1 Å². The molecule has 4 aromatic rings. The molecule has 0 radical (unpaired) electrons. The van der Waals surface area contributed by atoms with Crippen molar-refractivity contribution in [2.75, 3.05) is 18.0 Å². The monoisotopic (exact) mass is 504 g/mol. The van der Waals surface area contributed by atoms with Crippen LogP contribution in [0, 0.1) is 0 Å². The van der Waals surface area contributed by atoms with Gasteiger partial charge in [0, 0.05) is 18.7 Å². The van der Waals surface area contributed by atoms with E-state index in [2.05, 4.69) is 20.3 Å². The molecular weight excluding hydrogens is 485 g/mol. The molecule has 2 aromatic carbocycles. The molecule has 3 heterocycles. The summed E-state index contributed by atoms with van der Waals surface area (Å²) in [5.74, 6) is -4.30. The van der Waals surface area contributed by atoms with Gasteiger partial charge in [0.1, 0.15) is 4.90 Å². The van der Waals surface area contributed by atoms with Crippen molar-refractivity contribution in [3.63, 3.8) is 0 Å². The highest BCUT2D eigenvalue weighted by atomic mass is 32.3. The molecule has 13 heteroatoms. The lowest BCUT2D eigenvalue weighted by atomic mass is 10.1. The number of nitrogens with zero attached hydrogens (tertiary/aromatic N) is 6. The number of hydrogen-bond acceptors (Lipinski definition) is 8. The van der Waals surface area contributed by atoms with E-state index in [1.165, 1.54) is 42.5 Å². The second-order valence-corrected chi connectivity index (χ2v) is 9.48. The van der Waals surface area contributed by atoms with Gasteiger partial charge in [-0.25, -0.2) is 14.6 Å². The standard InChI is InChI=1S/C22H19F3N6O3S/c23-22(24,15-7-2-1-3-8-15)21-26-19(30-11-10-16(32)13-30)18-20(27-21)31(29-28-18)12-14-6-4-5-9-17(14)35(25,33)34/h1-9,16,32H,10-13H2/t16-/m0/s1. The number of aromatic nitrogens is 5. The fourth-order valence-corrected chi connectivity index (χ4v) is 4.74. The molecule has 0 unspecified atom stereocenters. The van der Waals surface area contributed by atoms with E-state index >= 15 is 8.78 Å². The van der Waals surface area contributed by atoms with Gasteiger partial charge in [0.15, 0.2) is 17.0 Å². The summed E-state index contributed by atoms with van der Waals surface area (Å²) in [6, 6.07) is 12.4. The minimum Gasteiger partial charge on any atom is -0.391 e. The van der Waals surface area contributed by atoms with Crippen LogP contribution in [-0.4, -0.2) is 57.7 Å². The van der Waals surface area contributed by atoms with Gasteiger partial charge in [-0.3, -0.25) is 0 Å². The van der Waals surface area contributed by atoms with E-state index in [4.69, 9.17) is 0 Å². The van der Waals surface area contributed by atoms with Crippen LogP contribution < -0.4 is 4.90 Å². The highest BCUT2D eigenvalue weighted by molar-refractivity contribution is 7.86. The first-order valence-corrected chi connectivity index (χ1v) is 12.0. The normalized spacial score (nSPS) is 16.8. The molecule has 0 spiro atoms. The zero-order chi connectivity index (χ0) is 24.8. The van der Waals surface area contributed by atoms with Gasteiger partial charge in [-0.2, -0.15) is 17.2 Å². The molecule has 0 saturated carbocycles. The minimum absolute atomic E-state index is 0.0509. The third-order valence-electron chi connectivity index (χ3n) is 5.78. The average Bonchev–Trinajstić information content (AvgIpc) is 3.45. The van der Waals surface area contributed by atoms with Crippen molar-refractivity contribution >= 4 is 27.2 Å². The number of β-amino-alcohol motifs (C(OH)–C–C–N with tert-alkyl or cyclic N) is 1. The molecule has 1 N–H and O–H groups in total. The molecule has 0 aliphatic carbocycles. The largest absolute Gasteiger partial charge is 0.391 e. The molecule has 0 amide bonds. The number of rotatable bonds is 6. The van der Waals surface area contributed by atoms with Crippen molar-refractivity contribution in [2.24, 2.45) is 0 Å². The molecular formula is C22H19F3N6O3S. The molecule has 1 aliphatic rings. The number of halogens is 3. The topological polar surface area (TPSA) is 114 Å². The number of anilines is 1.